The molecule has 0 spiro atoms. The summed E-state index contributed by atoms with van der Waals surface area (Å²) in [6.07, 6.45) is -3.31. The summed E-state index contributed by atoms with van der Waals surface area (Å²) in [5.41, 5.74) is 1.97. The monoisotopic (exact) mass is 508 g/mol. The minimum absolute atomic E-state index is 0.591. The van der Waals surface area contributed by atoms with Crippen LogP contribution in [-0.4, -0.2) is 61.3 Å². The molecule has 0 aliphatic carbocycles. The quantitative estimate of drug-likeness (QED) is 0.285. The lowest BCUT2D eigenvalue weighted by Gasteiger charge is -2.36. The van der Waals surface area contributed by atoms with Crippen LogP contribution in [0.4, 0.5) is 18.9 Å². The summed E-state index contributed by atoms with van der Waals surface area (Å²) in [4.78, 5) is 6.65. The van der Waals surface area contributed by atoms with Gasteiger partial charge in [-0.15, -0.1) is 0 Å². The maximum absolute atomic E-state index is 13.0. The van der Waals surface area contributed by atoms with Gasteiger partial charge < -0.3 is 9.42 Å². The molecule has 5 nitrogen and oxygen atoms in total. The van der Waals surface area contributed by atoms with Gasteiger partial charge in [0.05, 0.1) is 12.1 Å². The predicted molar refractivity (Wildman–Crippen MR) is 140 cm³/mol. The van der Waals surface area contributed by atoms with E-state index < -0.39 is 11.7 Å². The fraction of sp³-hybridized carbons (Fsp3) is 0.345. The Kier molecular flexibility index (Phi) is 7.48. The van der Waals surface area contributed by atoms with Crippen LogP contribution < -0.4 is 4.90 Å². The number of aromatic nitrogens is 1. The highest BCUT2D eigenvalue weighted by Crippen LogP contribution is 2.32. The number of benzene rings is 3. The molecule has 3 aromatic carbocycles. The molecule has 1 fully saturated rings. The van der Waals surface area contributed by atoms with Gasteiger partial charge in [-0.3, -0.25) is 9.80 Å². The van der Waals surface area contributed by atoms with Gasteiger partial charge in [0, 0.05) is 43.5 Å². The average molecular weight is 509 g/mol. The van der Waals surface area contributed by atoms with Gasteiger partial charge in [0.1, 0.15) is 5.69 Å². The van der Waals surface area contributed by atoms with Crippen molar-refractivity contribution in [3.63, 3.8) is 0 Å². The lowest BCUT2D eigenvalue weighted by molar-refractivity contribution is -0.137. The third-order valence-electron chi connectivity index (χ3n) is 6.98. The first-order valence-electron chi connectivity index (χ1n) is 12.6. The Hall–Kier alpha value is -3.36. The topological polar surface area (TPSA) is 35.8 Å². The highest BCUT2D eigenvalue weighted by molar-refractivity contribution is 5.95. The van der Waals surface area contributed by atoms with Crippen molar-refractivity contribution in [2.45, 2.75) is 19.1 Å². The molecule has 4 aromatic rings. The van der Waals surface area contributed by atoms with Crippen LogP contribution in [0.5, 0.6) is 0 Å². The van der Waals surface area contributed by atoms with Crippen molar-refractivity contribution >= 4 is 16.5 Å². The molecule has 194 valence electrons. The van der Waals surface area contributed by atoms with Crippen LogP contribution >= 0.6 is 0 Å². The normalized spacial score (nSPS) is 15.1. The molecule has 0 amide bonds. The molecule has 0 N–H and O–H groups in total. The molecular weight excluding hydrogens is 477 g/mol. The minimum atomic E-state index is -4.31. The summed E-state index contributed by atoms with van der Waals surface area (Å²) in [6.45, 7) is 5.70. The van der Waals surface area contributed by atoms with E-state index in [-0.39, 0.29) is 0 Å². The number of piperazine rings is 1. The molecule has 0 bridgehead atoms. The zero-order valence-electron chi connectivity index (χ0n) is 20.9. The van der Waals surface area contributed by atoms with Gasteiger partial charge in [-0.2, -0.15) is 13.2 Å². The zero-order chi connectivity index (χ0) is 25.8. The van der Waals surface area contributed by atoms with E-state index in [1.165, 1.54) is 17.5 Å². The summed E-state index contributed by atoms with van der Waals surface area (Å²) in [7, 11) is 2.08. The van der Waals surface area contributed by atoms with E-state index in [9.17, 15) is 13.2 Å². The van der Waals surface area contributed by atoms with Crippen molar-refractivity contribution in [2.75, 3.05) is 51.2 Å². The van der Waals surface area contributed by atoms with Crippen molar-refractivity contribution in [3.8, 4) is 11.3 Å². The second kappa shape index (κ2) is 10.9. The van der Waals surface area contributed by atoms with Crippen LogP contribution in [0.2, 0.25) is 0 Å². The molecule has 0 unspecified atom stereocenters. The van der Waals surface area contributed by atoms with E-state index in [0.717, 1.165) is 74.2 Å². The fourth-order valence-electron chi connectivity index (χ4n) is 4.98. The maximum atomic E-state index is 13.0. The number of fused-ring (bicyclic) bond motifs is 1. The van der Waals surface area contributed by atoms with Crippen LogP contribution in [0, 0.1) is 0 Å². The maximum Gasteiger partial charge on any atom is 0.416 e. The number of rotatable bonds is 8. The molecule has 37 heavy (non-hydrogen) atoms. The average Bonchev–Trinajstić information content (AvgIpc) is 3.36. The lowest BCUT2D eigenvalue weighted by atomic mass is 10.0. The van der Waals surface area contributed by atoms with Gasteiger partial charge in [-0.1, -0.05) is 53.7 Å². The van der Waals surface area contributed by atoms with E-state index in [1.54, 1.807) is 6.07 Å². The summed E-state index contributed by atoms with van der Waals surface area (Å²) >= 11 is 0. The van der Waals surface area contributed by atoms with Crippen LogP contribution in [0.1, 0.15) is 17.7 Å². The number of nitrogens with zero attached hydrogens (tertiary/aromatic N) is 4. The zero-order valence-corrected chi connectivity index (χ0v) is 20.9. The number of anilines is 1. The predicted octanol–water partition coefficient (Wildman–Crippen LogP) is 6.16. The van der Waals surface area contributed by atoms with Crippen LogP contribution in [0.15, 0.2) is 77.3 Å². The van der Waals surface area contributed by atoms with Crippen LogP contribution in [0.3, 0.4) is 0 Å². The summed E-state index contributed by atoms with van der Waals surface area (Å²) in [5, 5.41) is 6.65. The second-order valence-electron chi connectivity index (χ2n) is 9.67. The molecule has 0 saturated carbocycles. The molecule has 2 heterocycles. The number of hydrogen-bond acceptors (Lipinski definition) is 5. The Balaban J connectivity index is 1.08. The first-order chi connectivity index (χ1) is 17.9. The molecule has 8 heteroatoms. The second-order valence-corrected chi connectivity index (χ2v) is 9.67. The molecule has 5 rings (SSSR count). The van der Waals surface area contributed by atoms with E-state index in [1.807, 2.05) is 29.2 Å². The summed E-state index contributed by atoms with van der Waals surface area (Å²) < 4.78 is 44.7. The Morgan fingerprint density at radius 1 is 0.919 bits per heavy atom. The first-order valence-corrected chi connectivity index (χ1v) is 12.6. The molecule has 1 aliphatic rings. The van der Waals surface area contributed by atoms with Crippen molar-refractivity contribution in [2.24, 2.45) is 0 Å². The molecule has 0 atom stereocenters. The van der Waals surface area contributed by atoms with E-state index in [2.05, 4.69) is 46.3 Å². The molecule has 1 saturated heterocycles. The van der Waals surface area contributed by atoms with Crippen molar-refractivity contribution in [1.29, 1.82) is 0 Å². The van der Waals surface area contributed by atoms with Crippen molar-refractivity contribution in [3.05, 3.63) is 84.1 Å². The van der Waals surface area contributed by atoms with Gasteiger partial charge in [0.2, 0.25) is 0 Å². The third-order valence-corrected chi connectivity index (χ3v) is 6.98. The van der Waals surface area contributed by atoms with E-state index in [0.29, 0.717) is 12.2 Å². The Labute approximate surface area is 215 Å². The smallest absolute Gasteiger partial charge is 0.369 e. The van der Waals surface area contributed by atoms with Crippen LogP contribution in [-0.2, 0) is 12.7 Å². The van der Waals surface area contributed by atoms with Crippen LogP contribution in [0.25, 0.3) is 22.0 Å². The number of hydrogen-bond donors (Lipinski definition) is 0. The highest BCUT2D eigenvalue weighted by Gasteiger charge is 2.31. The molecular formula is C29H31F3N4O. The number of halogens is 3. The van der Waals surface area contributed by atoms with Gasteiger partial charge in [0.15, 0.2) is 5.76 Å². The SMILES string of the molecule is CN(CCCN1CCN(c2cccc(C(F)(F)F)c2)CC1)Cc1cc(-c2cccc3ccccc23)no1. The first kappa shape index (κ1) is 25.3. The van der Waals surface area contributed by atoms with Gasteiger partial charge in [-0.25, -0.2) is 0 Å². The minimum Gasteiger partial charge on any atom is -0.369 e. The highest BCUT2D eigenvalue weighted by atomic mass is 19.4. The van der Waals surface area contributed by atoms with Gasteiger partial charge >= 0.3 is 6.18 Å². The molecule has 0 radical (unpaired) electrons. The largest absolute Gasteiger partial charge is 0.416 e. The van der Waals surface area contributed by atoms with Gasteiger partial charge in [-0.05, 0) is 55.5 Å². The Morgan fingerprint density at radius 2 is 1.68 bits per heavy atom. The van der Waals surface area contributed by atoms with E-state index in [4.69, 9.17) is 4.52 Å². The summed E-state index contributed by atoms with van der Waals surface area (Å²) in [5.74, 6) is 0.833. The Morgan fingerprint density at radius 3 is 2.49 bits per heavy atom. The third kappa shape index (κ3) is 6.14. The Bertz CT molecular complexity index is 1320. The lowest BCUT2D eigenvalue weighted by Crippen LogP contribution is -2.47. The molecule has 1 aromatic heterocycles. The van der Waals surface area contributed by atoms with E-state index >= 15 is 0 Å². The van der Waals surface area contributed by atoms with Crippen molar-refractivity contribution in [1.82, 2.24) is 15.0 Å². The fourth-order valence-corrected chi connectivity index (χ4v) is 4.98. The van der Waals surface area contributed by atoms with Gasteiger partial charge in [0.25, 0.3) is 0 Å². The molecule has 1 aliphatic heterocycles. The summed E-state index contributed by atoms with van der Waals surface area (Å²) in [6, 6.07) is 22.1. The van der Waals surface area contributed by atoms with Crippen molar-refractivity contribution < 1.29 is 17.7 Å². The number of alkyl halides is 3. The standard InChI is InChI=1S/C29H31F3N4O/c1-34(21-25-20-28(33-37-25)27-12-4-8-22-7-2-3-11-26(22)27)13-6-14-35-15-17-36(18-16-35)24-10-5-9-23(19-24)29(30,31)32/h2-5,7-12,19-20H,6,13-18,21H2,1H3.